The van der Waals surface area contributed by atoms with E-state index in [1.165, 1.54) is 0 Å². The number of aromatic nitrogens is 6. The van der Waals surface area contributed by atoms with Crippen molar-refractivity contribution in [2.24, 2.45) is 0 Å². The Hall–Kier alpha value is -2.44. The van der Waals surface area contributed by atoms with Crippen LogP contribution in [0.1, 0.15) is 11.4 Å². The van der Waals surface area contributed by atoms with Gasteiger partial charge in [0.05, 0.1) is 17.9 Å². The third kappa shape index (κ3) is 2.64. The van der Waals surface area contributed by atoms with Crippen molar-refractivity contribution in [1.82, 2.24) is 29.1 Å². The van der Waals surface area contributed by atoms with Crippen LogP contribution in [0.4, 0.5) is 0 Å². The highest BCUT2D eigenvalue weighted by atomic mass is 35.5. The van der Waals surface area contributed by atoms with Gasteiger partial charge in [0.25, 0.3) is 0 Å². The highest BCUT2D eigenvalue weighted by molar-refractivity contribution is 6.29. The molecule has 0 unspecified atom stereocenters. The van der Waals surface area contributed by atoms with E-state index in [1.807, 2.05) is 35.9 Å². The van der Waals surface area contributed by atoms with Crippen LogP contribution < -0.4 is 0 Å². The number of fused-ring (bicyclic) bond motifs is 1. The lowest BCUT2D eigenvalue weighted by Gasteiger charge is -2.06. The van der Waals surface area contributed by atoms with E-state index in [0.29, 0.717) is 16.9 Å². The van der Waals surface area contributed by atoms with Gasteiger partial charge in [-0.25, -0.2) is 19.5 Å². The second-order valence-electron chi connectivity index (χ2n) is 5.29. The van der Waals surface area contributed by atoms with Gasteiger partial charge in [-0.15, -0.1) is 0 Å². The minimum absolute atomic E-state index is 0.431. The van der Waals surface area contributed by atoms with Crippen LogP contribution in [0, 0.1) is 6.92 Å². The Morgan fingerprint density at radius 2 is 1.92 bits per heavy atom. The normalized spacial score (nSPS) is 11.3. The van der Waals surface area contributed by atoms with Crippen molar-refractivity contribution in [3.05, 3.63) is 64.4 Å². The predicted octanol–water partition coefficient (Wildman–Crippen LogP) is 3.65. The number of hydrogen-bond acceptors (Lipinski definition) is 4. The van der Waals surface area contributed by atoms with Gasteiger partial charge in [-0.1, -0.05) is 29.3 Å². The van der Waals surface area contributed by atoms with Crippen LogP contribution in [0.2, 0.25) is 10.3 Å². The summed E-state index contributed by atoms with van der Waals surface area (Å²) in [6.07, 6.45) is 3.62. The molecule has 0 spiro atoms. The molecule has 0 bridgehead atoms. The second kappa shape index (κ2) is 5.89. The smallest absolute Gasteiger partial charge is 0.159 e. The SMILES string of the molecule is Cc1c(Cn2ccnc2-c2cccc(Cl)n2)nc2ccc(Cl)nn12. The molecule has 0 atom stereocenters. The molecule has 8 heteroatoms. The zero-order valence-electron chi connectivity index (χ0n) is 12.7. The van der Waals surface area contributed by atoms with Crippen molar-refractivity contribution >= 4 is 28.8 Å². The van der Waals surface area contributed by atoms with E-state index >= 15 is 0 Å². The van der Waals surface area contributed by atoms with Crippen molar-refractivity contribution in [3.8, 4) is 11.5 Å². The van der Waals surface area contributed by atoms with Crippen molar-refractivity contribution in [3.63, 3.8) is 0 Å². The van der Waals surface area contributed by atoms with Gasteiger partial charge in [0.1, 0.15) is 16.0 Å². The molecule has 0 N–H and O–H groups in total. The molecule has 0 aliphatic carbocycles. The van der Waals surface area contributed by atoms with Crippen molar-refractivity contribution in [1.29, 1.82) is 0 Å². The van der Waals surface area contributed by atoms with E-state index in [1.54, 1.807) is 22.8 Å². The van der Waals surface area contributed by atoms with Crippen LogP contribution in [-0.4, -0.2) is 29.1 Å². The molecule has 120 valence electrons. The summed E-state index contributed by atoms with van der Waals surface area (Å²) in [6, 6.07) is 9.04. The lowest BCUT2D eigenvalue weighted by molar-refractivity contribution is 0.773. The molecule has 4 aromatic heterocycles. The van der Waals surface area contributed by atoms with Crippen molar-refractivity contribution in [2.75, 3.05) is 0 Å². The minimum Gasteiger partial charge on any atom is -0.324 e. The second-order valence-corrected chi connectivity index (χ2v) is 6.07. The molecule has 0 aromatic carbocycles. The molecule has 0 aliphatic heterocycles. The van der Waals surface area contributed by atoms with Crippen LogP contribution in [-0.2, 0) is 6.54 Å². The molecule has 4 rings (SSSR count). The first-order valence-corrected chi connectivity index (χ1v) is 8.02. The molecule has 0 fully saturated rings. The van der Waals surface area contributed by atoms with Crippen molar-refractivity contribution in [2.45, 2.75) is 13.5 Å². The first-order valence-electron chi connectivity index (χ1n) is 7.26. The number of hydrogen-bond donors (Lipinski definition) is 0. The van der Waals surface area contributed by atoms with Crippen LogP contribution in [0.25, 0.3) is 17.2 Å². The number of pyridine rings is 1. The van der Waals surface area contributed by atoms with Gasteiger partial charge in [-0.05, 0) is 31.2 Å². The Labute approximate surface area is 147 Å². The summed E-state index contributed by atoms with van der Waals surface area (Å²) in [4.78, 5) is 13.3. The van der Waals surface area contributed by atoms with Gasteiger partial charge in [0.15, 0.2) is 11.5 Å². The molecule has 0 saturated carbocycles. The monoisotopic (exact) mass is 358 g/mol. The molecular formula is C16H12Cl2N6. The van der Waals surface area contributed by atoms with Gasteiger partial charge in [0.2, 0.25) is 0 Å². The largest absolute Gasteiger partial charge is 0.324 e. The Bertz CT molecular complexity index is 1040. The Morgan fingerprint density at radius 1 is 1.04 bits per heavy atom. The quantitative estimate of drug-likeness (QED) is 0.524. The summed E-state index contributed by atoms with van der Waals surface area (Å²) in [7, 11) is 0. The summed E-state index contributed by atoms with van der Waals surface area (Å²) < 4.78 is 3.72. The third-order valence-electron chi connectivity index (χ3n) is 3.75. The number of aryl methyl sites for hydroxylation is 1. The molecule has 0 amide bonds. The average Bonchev–Trinajstić information content (AvgIpc) is 3.14. The maximum atomic E-state index is 5.98. The Balaban J connectivity index is 1.75. The number of halogens is 2. The summed E-state index contributed by atoms with van der Waals surface area (Å²) in [5.74, 6) is 0.736. The topological polar surface area (TPSA) is 60.9 Å². The first kappa shape index (κ1) is 15.1. The maximum absolute atomic E-state index is 5.98. The van der Waals surface area contributed by atoms with E-state index in [9.17, 15) is 0 Å². The minimum atomic E-state index is 0.431. The van der Waals surface area contributed by atoms with Crippen LogP contribution >= 0.6 is 23.2 Å². The van der Waals surface area contributed by atoms with Gasteiger partial charge >= 0.3 is 0 Å². The number of rotatable bonds is 3. The van der Waals surface area contributed by atoms with Crippen molar-refractivity contribution < 1.29 is 0 Å². The number of nitrogens with zero attached hydrogens (tertiary/aromatic N) is 6. The lowest BCUT2D eigenvalue weighted by Crippen LogP contribution is -2.04. The Kier molecular flexibility index (Phi) is 3.70. The molecule has 6 nitrogen and oxygen atoms in total. The fourth-order valence-electron chi connectivity index (χ4n) is 2.58. The molecule has 0 radical (unpaired) electrons. The van der Waals surface area contributed by atoms with E-state index in [2.05, 4.69) is 20.1 Å². The summed E-state index contributed by atoms with van der Waals surface area (Å²) in [5.41, 5.74) is 3.31. The van der Waals surface area contributed by atoms with Crippen LogP contribution in [0.5, 0.6) is 0 Å². The van der Waals surface area contributed by atoms with Gasteiger partial charge < -0.3 is 4.57 Å². The molecule has 0 aliphatic rings. The molecular weight excluding hydrogens is 347 g/mol. The van der Waals surface area contributed by atoms with E-state index in [0.717, 1.165) is 28.6 Å². The van der Waals surface area contributed by atoms with E-state index in [4.69, 9.17) is 23.2 Å². The molecule has 4 heterocycles. The summed E-state index contributed by atoms with van der Waals surface area (Å²) >= 11 is 12.0. The van der Waals surface area contributed by atoms with Crippen LogP contribution in [0.15, 0.2) is 42.7 Å². The standard InChI is InChI=1S/C16H12Cl2N6/c1-10-12(21-15-6-5-14(18)22-24(10)15)9-23-8-7-19-16(23)11-3-2-4-13(17)20-11/h2-8H,9H2,1H3. The van der Waals surface area contributed by atoms with Gasteiger partial charge in [0, 0.05) is 12.4 Å². The summed E-state index contributed by atoms with van der Waals surface area (Å²) in [6.45, 7) is 2.52. The highest BCUT2D eigenvalue weighted by Gasteiger charge is 2.14. The zero-order valence-corrected chi connectivity index (χ0v) is 14.2. The van der Waals surface area contributed by atoms with Gasteiger partial charge in [-0.3, -0.25) is 0 Å². The molecule has 4 aromatic rings. The summed E-state index contributed by atoms with van der Waals surface area (Å²) in [5, 5.41) is 5.15. The predicted molar refractivity (Wildman–Crippen MR) is 92.3 cm³/mol. The fraction of sp³-hybridized carbons (Fsp3) is 0.125. The zero-order chi connectivity index (χ0) is 16.7. The molecule has 0 saturated heterocycles. The first-order chi connectivity index (χ1) is 11.6. The highest BCUT2D eigenvalue weighted by Crippen LogP contribution is 2.20. The lowest BCUT2D eigenvalue weighted by atomic mass is 10.3. The molecule has 24 heavy (non-hydrogen) atoms. The number of imidazole rings is 2. The van der Waals surface area contributed by atoms with E-state index in [-0.39, 0.29) is 0 Å². The third-order valence-corrected chi connectivity index (χ3v) is 4.16. The van der Waals surface area contributed by atoms with Crippen LogP contribution in [0.3, 0.4) is 0 Å². The fourth-order valence-corrected chi connectivity index (χ4v) is 2.88. The maximum Gasteiger partial charge on any atom is 0.159 e. The Morgan fingerprint density at radius 3 is 2.75 bits per heavy atom. The van der Waals surface area contributed by atoms with Gasteiger partial charge in [-0.2, -0.15) is 5.10 Å². The average molecular weight is 359 g/mol. The van der Waals surface area contributed by atoms with E-state index < -0.39 is 0 Å².